The number of anilines is 3. The number of halogens is 1. The number of benzene rings is 2. The van der Waals surface area contributed by atoms with Crippen LogP contribution in [-0.4, -0.2) is 18.0 Å². The summed E-state index contributed by atoms with van der Waals surface area (Å²) >= 11 is 1.54. The number of hydrogen-bond donors (Lipinski definition) is 2. The van der Waals surface area contributed by atoms with Crippen molar-refractivity contribution in [3.63, 3.8) is 0 Å². The van der Waals surface area contributed by atoms with Gasteiger partial charge in [-0.25, -0.2) is 4.98 Å². The third-order valence-electron chi connectivity index (χ3n) is 3.61. The Morgan fingerprint density at radius 1 is 1.15 bits per heavy atom. The van der Waals surface area contributed by atoms with Crippen LogP contribution < -0.4 is 15.4 Å². The Balaban J connectivity index is 0.00000243. The first-order chi connectivity index (χ1) is 12.2. The molecular formula is C19H20ClN3O2S. The molecule has 2 aromatic carbocycles. The van der Waals surface area contributed by atoms with Crippen LogP contribution in [0.4, 0.5) is 16.5 Å². The molecule has 0 aliphatic rings. The molecule has 0 saturated carbocycles. The zero-order valence-electron chi connectivity index (χ0n) is 14.5. The summed E-state index contributed by atoms with van der Waals surface area (Å²) in [5, 5.41) is 8.94. The Bertz CT molecular complexity index is 865. The van der Waals surface area contributed by atoms with E-state index in [0.29, 0.717) is 6.42 Å². The number of nitrogens with one attached hydrogen (secondary N) is 2. The van der Waals surface area contributed by atoms with Crippen molar-refractivity contribution in [1.29, 1.82) is 0 Å². The monoisotopic (exact) mass is 389 g/mol. The van der Waals surface area contributed by atoms with Crippen molar-refractivity contribution >= 4 is 46.2 Å². The molecule has 1 aromatic heterocycles. The molecule has 0 radical (unpaired) electrons. The molecule has 3 rings (SSSR count). The van der Waals surface area contributed by atoms with Crippen LogP contribution in [-0.2, 0) is 4.79 Å². The predicted octanol–water partition coefficient (Wildman–Crippen LogP) is 5.33. The Labute approximate surface area is 162 Å². The van der Waals surface area contributed by atoms with E-state index in [1.807, 2.05) is 60.8 Å². The van der Waals surface area contributed by atoms with Crippen molar-refractivity contribution in [1.82, 2.24) is 4.98 Å². The van der Waals surface area contributed by atoms with Crippen LogP contribution >= 0.6 is 23.7 Å². The number of carbonyl (C=O) groups excluding carboxylic acids is 1. The second kappa shape index (κ2) is 9.22. The first-order valence-electron chi connectivity index (χ1n) is 7.95. The van der Waals surface area contributed by atoms with Gasteiger partial charge in [0.25, 0.3) is 0 Å². The maximum absolute atomic E-state index is 11.4. The van der Waals surface area contributed by atoms with E-state index in [2.05, 4.69) is 15.6 Å². The average Bonchev–Trinajstić information content (AvgIpc) is 3.10. The summed E-state index contributed by atoms with van der Waals surface area (Å²) in [6.07, 6.45) is 0.465. The van der Waals surface area contributed by atoms with Gasteiger partial charge in [-0.1, -0.05) is 25.1 Å². The lowest BCUT2D eigenvalue weighted by Crippen LogP contribution is -2.08. The molecule has 0 unspecified atom stereocenters. The van der Waals surface area contributed by atoms with Crippen LogP contribution in [0.5, 0.6) is 5.75 Å². The number of amides is 1. The molecule has 7 heteroatoms. The quantitative estimate of drug-likeness (QED) is 0.597. The number of rotatable bonds is 6. The number of thiazole rings is 1. The van der Waals surface area contributed by atoms with Crippen molar-refractivity contribution in [3.05, 3.63) is 53.9 Å². The van der Waals surface area contributed by atoms with E-state index in [4.69, 9.17) is 4.74 Å². The summed E-state index contributed by atoms with van der Waals surface area (Å²) in [6, 6.07) is 15.4. The lowest BCUT2D eigenvalue weighted by molar-refractivity contribution is -0.115. The largest absolute Gasteiger partial charge is 0.497 e. The van der Waals surface area contributed by atoms with Gasteiger partial charge in [0, 0.05) is 34.8 Å². The summed E-state index contributed by atoms with van der Waals surface area (Å²) in [7, 11) is 1.65. The van der Waals surface area contributed by atoms with Crippen LogP contribution in [0.2, 0.25) is 0 Å². The number of ether oxygens (including phenoxy) is 1. The van der Waals surface area contributed by atoms with Gasteiger partial charge in [-0.2, -0.15) is 0 Å². The minimum atomic E-state index is 0. The van der Waals surface area contributed by atoms with Gasteiger partial charge in [-0.3, -0.25) is 4.79 Å². The van der Waals surface area contributed by atoms with Crippen molar-refractivity contribution in [2.24, 2.45) is 0 Å². The minimum Gasteiger partial charge on any atom is -0.497 e. The standard InChI is InChI=1S/C19H19N3O2S.ClH/c1-3-18(23)20-14-9-7-13(8-10-14)17-12-25-19(22-17)21-15-5-4-6-16(11-15)24-2;/h4-12H,3H2,1-2H3,(H,20,23)(H,21,22);1H. The normalized spacial score (nSPS) is 9.92. The summed E-state index contributed by atoms with van der Waals surface area (Å²) in [6.45, 7) is 1.83. The zero-order valence-corrected chi connectivity index (χ0v) is 16.1. The van der Waals surface area contributed by atoms with E-state index in [1.54, 1.807) is 7.11 Å². The highest BCUT2D eigenvalue weighted by Crippen LogP contribution is 2.29. The van der Waals surface area contributed by atoms with E-state index in [9.17, 15) is 4.79 Å². The fraction of sp³-hybridized carbons (Fsp3) is 0.158. The lowest BCUT2D eigenvalue weighted by Gasteiger charge is -2.05. The van der Waals surface area contributed by atoms with Gasteiger partial charge < -0.3 is 15.4 Å². The molecule has 0 aliphatic heterocycles. The molecule has 2 N–H and O–H groups in total. The Hall–Kier alpha value is -2.57. The predicted molar refractivity (Wildman–Crippen MR) is 110 cm³/mol. The summed E-state index contributed by atoms with van der Waals surface area (Å²) < 4.78 is 5.23. The second-order valence-electron chi connectivity index (χ2n) is 5.37. The van der Waals surface area contributed by atoms with Gasteiger partial charge in [0.15, 0.2) is 5.13 Å². The molecule has 0 fully saturated rings. The number of aromatic nitrogens is 1. The Morgan fingerprint density at radius 2 is 1.92 bits per heavy atom. The summed E-state index contributed by atoms with van der Waals surface area (Å²) in [5.74, 6) is 0.803. The van der Waals surface area contributed by atoms with Crippen molar-refractivity contribution in [2.75, 3.05) is 17.7 Å². The van der Waals surface area contributed by atoms with Crippen molar-refractivity contribution in [3.8, 4) is 17.0 Å². The first kappa shape index (κ1) is 19.8. The van der Waals surface area contributed by atoms with E-state index >= 15 is 0 Å². The first-order valence-corrected chi connectivity index (χ1v) is 8.83. The van der Waals surface area contributed by atoms with Crippen LogP contribution in [0.15, 0.2) is 53.9 Å². The highest BCUT2D eigenvalue weighted by molar-refractivity contribution is 7.14. The molecular weight excluding hydrogens is 370 g/mol. The molecule has 136 valence electrons. The third-order valence-corrected chi connectivity index (χ3v) is 4.37. The topological polar surface area (TPSA) is 63.2 Å². The lowest BCUT2D eigenvalue weighted by atomic mass is 10.1. The Morgan fingerprint density at radius 3 is 2.62 bits per heavy atom. The Kier molecular flexibility index (Phi) is 7.00. The van der Waals surface area contributed by atoms with Crippen molar-refractivity contribution in [2.45, 2.75) is 13.3 Å². The van der Waals surface area contributed by atoms with Gasteiger partial charge in [-0.05, 0) is 24.3 Å². The van der Waals surface area contributed by atoms with E-state index < -0.39 is 0 Å². The third kappa shape index (κ3) is 4.97. The highest BCUT2D eigenvalue weighted by Gasteiger charge is 2.06. The molecule has 0 bridgehead atoms. The van der Waals surface area contributed by atoms with Gasteiger partial charge in [0.1, 0.15) is 5.75 Å². The molecule has 0 aliphatic carbocycles. The number of hydrogen-bond acceptors (Lipinski definition) is 5. The molecule has 26 heavy (non-hydrogen) atoms. The fourth-order valence-corrected chi connectivity index (χ4v) is 3.00. The molecule has 0 saturated heterocycles. The van der Waals surface area contributed by atoms with Gasteiger partial charge >= 0.3 is 0 Å². The molecule has 0 spiro atoms. The van der Waals surface area contributed by atoms with E-state index in [0.717, 1.165) is 33.5 Å². The number of nitrogens with zero attached hydrogens (tertiary/aromatic N) is 1. The fourth-order valence-electron chi connectivity index (χ4n) is 2.26. The molecule has 1 amide bonds. The summed E-state index contributed by atoms with van der Waals surface area (Å²) in [5.41, 5.74) is 3.62. The maximum Gasteiger partial charge on any atom is 0.224 e. The molecule has 1 heterocycles. The molecule has 0 atom stereocenters. The van der Waals surface area contributed by atoms with Gasteiger partial charge in [0.2, 0.25) is 5.91 Å². The van der Waals surface area contributed by atoms with Crippen LogP contribution in [0.1, 0.15) is 13.3 Å². The van der Waals surface area contributed by atoms with E-state index in [-0.39, 0.29) is 18.3 Å². The number of carbonyl (C=O) groups is 1. The average molecular weight is 390 g/mol. The second-order valence-corrected chi connectivity index (χ2v) is 6.23. The molecule has 3 aromatic rings. The maximum atomic E-state index is 11.4. The molecule has 5 nitrogen and oxygen atoms in total. The van der Waals surface area contributed by atoms with Crippen LogP contribution in [0.3, 0.4) is 0 Å². The van der Waals surface area contributed by atoms with Crippen molar-refractivity contribution < 1.29 is 9.53 Å². The van der Waals surface area contributed by atoms with E-state index in [1.165, 1.54) is 11.3 Å². The van der Waals surface area contributed by atoms with Gasteiger partial charge in [-0.15, -0.1) is 23.7 Å². The summed E-state index contributed by atoms with van der Waals surface area (Å²) in [4.78, 5) is 16.0. The zero-order chi connectivity index (χ0) is 17.6. The minimum absolute atomic E-state index is 0. The van der Waals surface area contributed by atoms with Gasteiger partial charge in [0.05, 0.1) is 12.8 Å². The smallest absolute Gasteiger partial charge is 0.224 e. The van der Waals surface area contributed by atoms with Crippen LogP contribution in [0, 0.1) is 0 Å². The van der Waals surface area contributed by atoms with Crippen LogP contribution in [0.25, 0.3) is 11.3 Å². The highest BCUT2D eigenvalue weighted by atomic mass is 35.5. The SMILES string of the molecule is CCC(=O)Nc1ccc(-c2csc(Nc3cccc(OC)c3)n2)cc1.Cl. The number of methoxy groups -OCH3 is 1.